The fourth-order valence-electron chi connectivity index (χ4n) is 5.50. The van der Waals surface area contributed by atoms with E-state index in [1.807, 2.05) is 36.4 Å². The first-order chi connectivity index (χ1) is 21.2. The summed E-state index contributed by atoms with van der Waals surface area (Å²) < 4.78 is 30.7. The normalized spacial score (nSPS) is 18.3. The van der Waals surface area contributed by atoms with Gasteiger partial charge in [0.25, 0.3) is 0 Å². The fraction of sp³-hybridized carbons (Fsp3) is 0.316. The molecule has 43 heavy (non-hydrogen) atoms. The van der Waals surface area contributed by atoms with Crippen LogP contribution in [0.4, 0.5) is 0 Å². The Morgan fingerprint density at radius 1 is 0.744 bits per heavy atom. The Kier molecular flexibility index (Phi) is 11.6. The van der Waals surface area contributed by atoms with Gasteiger partial charge in [-0.25, -0.2) is 0 Å². The molecule has 4 aromatic carbocycles. The van der Waals surface area contributed by atoms with Crippen LogP contribution in [-0.4, -0.2) is 32.5 Å². The highest BCUT2D eigenvalue weighted by Gasteiger charge is 2.32. The molecule has 1 aliphatic heterocycles. The SMILES string of the molecule is C=CCOCc1ccc(Cc2ccc(OC)cc2)cc1[C@H]1CC(OCc2ccccc2)C[C@@H](COCc2ccccc2)O1. The molecule has 0 saturated carbocycles. The molecular weight excluding hydrogens is 536 g/mol. The minimum atomic E-state index is -0.141. The molecule has 5 heteroatoms. The van der Waals surface area contributed by atoms with E-state index < -0.39 is 0 Å². The summed E-state index contributed by atoms with van der Waals surface area (Å²) in [5.74, 6) is 0.858. The molecule has 3 atom stereocenters. The van der Waals surface area contributed by atoms with E-state index in [9.17, 15) is 0 Å². The first-order valence-corrected chi connectivity index (χ1v) is 15.1. The molecule has 0 radical (unpaired) electrons. The summed E-state index contributed by atoms with van der Waals surface area (Å²) in [5.41, 5.74) is 7.04. The van der Waals surface area contributed by atoms with Crippen LogP contribution in [0, 0.1) is 0 Å². The maximum atomic E-state index is 6.78. The smallest absolute Gasteiger partial charge is 0.118 e. The van der Waals surface area contributed by atoms with Crippen molar-refractivity contribution in [2.24, 2.45) is 0 Å². The maximum Gasteiger partial charge on any atom is 0.118 e. The van der Waals surface area contributed by atoms with Gasteiger partial charge in [-0.05, 0) is 51.9 Å². The molecule has 1 saturated heterocycles. The molecule has 0 amide bonds. The molecule has 0 spiro atoms. The number of hydrogen-bond acceptors (Lipinski definition) is 5. The van der Waals surface area contributed by atoms with Crippen LogP contribution in [0.1, 0.15) is 52.3 Å². The van der Waals surface area contributed by atoms with E-state index in [4.69, 9.17) is 23.7 Å². The van der Waals surface area contributed by atoms with E-state index in [1.165, 1.54) is 16.7 Å². The molecule has 0 aromatic heterocycles. The zero-order valence-electron chi connectivity index (χ0n) is 25.0. The number of benzene rings is 4. The highest BCUT2D eigenvalue weighted by Crippen LogP contribution is 2.36. The van der Waals surface area contributed by atoms with E-state index in [0.29, 0.717) is 33.0 Å². The van der Waals surface area contributed by atoms with Crippen molar-refractivity contribution in [3.05, 3.63) is 149 Å². The third kappa shape index (κ3) is 9.37. The highest BCUT2D eigenvalue weighted by atomic mass is 16.5. The van der Waals surface area contributed by atoms with Crippen LogP contribution in [0.15, 0.2) is 116 Å². The van der Waals surface area contributed by atoms with E-state index in [1.54, 1.807) is 13.2 Å². The molecule has 5 rings (SSSR count). The minimum Gasteiger partial charge on any atom is -0.497 e. The van der Waals surface area contributed by atoms with Crippen molar-refractivity contribution >= 4 is 0 Å². The third-order valence-corrected chi connectivity index (χ3v) is 7.72. The zero-order chi connectivity index (χ0) is 29.7. The van der Waals surface area contributed by atoms with Gasteiger partial charge in [0.1, 0.15) is 5.75 Å². The lowest BCUT2D eigenvalue weighted by atomic mass is 9.90. The predicted octanol–water partition coefficient (Wildman–Crippen LogP) is 8.01. The van der Waals surface area contributed by atoms with Crippen molar-refractivity contribution in [1.29, 1.82) is 0 Å². The van der Waals surface area contributed by atoms with Gasteiger partial charge in [-0.3, -0.25) is 0 Å². The van der Waals surface area contributed by atoms with Gasteiger partial charge in [0.2, 0.25) is 0 Å². The minimum absolute atomic E-state index is 0.0384. The fourth-order valence-corrected chi connectivity index (χ4v) is 5.50. The Morgan fingerprint density at radius 3 is 2.14 bits per heavy atom. The highest BCUT2D eigenvalue weighted by molar-refractivity contribution is 5.38. The van der Waals surface area contributed by atoms with Crippen LogP contribution in [-0.2, 0) is 45.2 Å². The lowest BCUT2D eigenvalue weighted by molar-refractivity contribution is -0.142. The first-order valence-electron chi connectivity index (χ1n) is 15.1. The van der Waals surface area contributed by atoms with Gasteiger partial charge in [-0.2, -0.15) is 0 Å². The molecule has 1 aliphatic rings. The molecular formula is C38H42O5. The van der Waals surface area contributed by atoms with Crippen LogP contribution >= 0.6 is 0 Å². The van der Waals surface area contributed by atoms with Crippen molar-refractivity contribution in [3.63, 3.8) is 0 Å². The summed E-state index contributed by atoms with van der Waals surface area (Å²) in [6.45, 7) is 6.43. The Morgan fingerprint density at radius 2 is 1.44 bits per heavy atom. The molecule has 224 valence electrons. The second kappa shape index (κ2) is 16.2. The number of hydrogen-bond donors (Lipinski definition) is 0. The number of rotatable bonds is 15. The first kappa shape index (κ1) is 30.7. The quantitative estimate of drug-likeness (QED) is 0.106. The molecule has 5 nitrogen and oxygen atoms in total. The van der Waals surface area contributed by atoms with Gasteiger partial charge < -0.3 is 23.7 Å². The van der Waals surface area contributed by atoms with E-state index >= 15 is 0 Å². The van der Waals surface area contributed by atoms with Gasteiger partial charge in [0.05, 0.1) is 58.5 Å². The molecule has 1 heterocycles. The van der Waals surface area contributed by atoms with Crippen molar-refractivity contribution in [1.82, 2.24) is 0 Å². The Hall–Kier alpha value is -3.74. The second-order valence-electron chi connectivity index (χ2n) is 11.0. The Balaban J connectivity index is 1.35. The summed E-state index contributed by atoms with van der Waals surface area (Å²) in [6, 6.07) is 35.5. The monoisotopic (exact) mass is 578 g/mol. The van der Waals surface area contributed by atoms with Gasteiger partial charge in [0.15, 0.2) is 0 Å². The molecule has 0 aliphatic carbocycles. The summed E-state index contributed by atoms with van der Waals surface area (Å²) >= 11 is 0. The molecule has 0 N–H and O–H groups in total. The summed E-state index contributed by atoms with van der Waals surface area (Å²) in [4.78, 5) is 0. The second-order valence-corrected chi connectivity index (χ2v) is 11.0. The van der Waals surface area contributed by atoms with Crippen molar-refractivity contribution < 1.29 is 23.7 Å². The van der Waals surface area contributed by atoms with E-state index in [2.05, 4.69) is 73.3 Å². The largest absolute Gasteiger partial charge is 0.497 e. The van der Waals surface area contributed by atoms with Gasteiger partial charge in [-0.15, -0.1) is 6.58 Å². The van der Waals surface area contributed by atoms with Crippen molar-refractivity contribution in [2.75, 3.05) is 20.3 Å². The molecule has 0 bridgehead atoms. The summed E-state index contributed by atoms with van der Waals surface area (Å²) in [5, 5.41) is 0. The van der Waals surface area contributed by atoms with Gasteiger partial charge >= 0.3 is 0 Å². The predicted molar refractivity (Wildman–Crippen MR) is 170 cm³/mol. The van der Waals surface area contributed by atoms with Gasteiger partial charge in [0, 0.05) is 12.8 Å². The van der Waals surface area contributed by atoms with E-state index in [-0.39, 0.29) is 18.3 Å². The zero-order valence-corrected chi connectivity index (χ0v) is 25.0. The van der Waals surface area contributed by atoms with Crippen molar-refractivity contribution in [3.8, 4) is 5.75 Å². The number of methoxy groups -OCH3 is 1. The average Bonchev–Trinajstić information content (AvgIpc) is 3.06. The standard InChI is InChI=1S/C38H42O5/c1-3-20-40-27-33-17-14-32(21-29-15-18-34(39-2)19-16-29)22-37(33)38-24-35(42-26-31-12-8-5-9-13-31)23-36(43-38)28-41-25-30-10-6-4-7-11-30/h3-19,22,35-36,38H,1,20-21,23-28H2,2H3/t35?,36-,38+/m0/s1. The van der Waals surface area contributed by atoms with Crippen molar-refractivity contribution in [2.45, 2.75) is 57.4 Å². The molecule has 1 fully saturated rings. The maximum absolute atomic E-state index is 6.78. The molecule has 4 aromatic rings. The summed E-state index contributed by atoms with van der Waals surface area (Å²) in [6.07, 6.45) is 3.95. The third-order valence-electron chi connectivity index (χ3n) is 7.72. The van der Waals surface area contributed by atoms with Crippen LogP contribution in [0.25, 0.3) is 0 Å². The average molecular weight is 579 g/mol. The number of ether oxygens (including phenoxy) is 5. The Bertz CT molecular complexity index is 1390. The van der Waals surface area contributed by atoms with Gasteiger partial charge in [-0.1, -0.05) is 97.1 Å². The topological polar surface area (TPSA) is 46.2 Å². The Labute approximate surface area is 256 Å². The molecule has 1 unspecified atom stereocenters. The lowest BCUT2D eigenvalue weighted by Gasteiger charge is -2.36. The lowest BCUT2D eigenvalue weighted by Crippen LogP contribution is -2.36. The van der Waals surface area contributed by atoms with Crippen LogP contribution in [0.2, 0.25) is 0 Å². The van der Waals surface area contributed by atoms with Crippen LogP contribution in [0.3, 0.4) is 0 Å². The van der Waals surface area contributed by atoms with Crippen LogP contribution in [0.5, 0.6) is 5.75 Å². The van der Waals surface area contributed by atoms with Crippen LogP contribution < -0.4 is 4.74 Å². The summed E-state index contributed by atoms with van der Waals surface area (Å²) in [7, 11) is 1.69. The van der Waals surface area contributed by atoms with E-state index in [0.717, 1.165) is 41.7 Å².